The summed E-state index contributed by atoms with van der Waals surface area (Å²) in [5, 5.41) is 18.9. The minimum Gasteiger partial charge on any atom is -0.508 e. The molecule has 0 radical (unpaired) electrons. The molecular formula is C21H25NO5S. The SMILES string of the molecule is COc1ccccc1CN(C)C(=O)C(CC(C)Sc1ccc(O)cc1)C(=O)O. The van der Waals surface area contributed by atoms with E-state index >= 15 is 0 Å². The monoisotopic (exact) mass is 403 g/mol. The highest BCUT2D eigenvalue weighted by Gasteiger charge is 2.31. The number of ether oxygens (including phenoxy) is 1. The van der Waals surface area contributed by atoms with Gasteiger partial charge in [-0.15, -0.1) is 11.8 Å². The first-order chi connectivity index (χ1) is 13.3. The number of hydrogen-bond acceptors (Lipinski definition) is 5. The van der Waals surface area contributed by atoms with Gasteiger partial charge in [0.15, 0.2) is 0 Å². The van der Waals surface area contributed by atoms with Crippen molar-refractivity contribution in [2.75, 3.05) is 14.2 Å². The molecule has 7 heteroatoms. The van der Waals surface area contributed by atoms with Crippen molar-refractivity contribution in [1.29, 1.82) is 0 Å². The Hall–Kier alpha value is -2.67. The van der Waals surface area contributed by atoms with Crippen LogP contribution in [0.1, 0.15) is 18.9 Å². The Bertz CT molecular complexity index is 809. The number of carboxylic acids is 1. The Morgan fingerprint density at radius 1 is 1.14 bits per heavy atom. The molecule has 1 amide bonds. The summed E-state index contributed by atoms with van der Waals surface area (Å²) < 4.78 is 5.30. The maximum absolute atomic E-state index is 12.8. The van der Waals surface area contributed by atoms with E-state index in [1.807, 2.05) is 25.1 Å². The van der Waals surface area contributed by atoms with E-state index in [-0.39, 0.29) is 24.0 Å². The van der Waals surface area contributed by atoms with Crippen LogP contribution >= 0.6 is 11.8 Å². The second-order valence-corrected chi connectivity index (χ2v) is 8.07. The van der Waals surface area contributed by atoms with Gasteiger partial charge in [-0.3, -0.25) is 9.59 Å². The lowest BCUT2D eigenvalue weighted by atomic mass is 10.0. The van der Waals surface area contributed by atoms with Gasteiger partial charge in [0.25, 0.3) is 0 Å². The number of aromatic hydroxyl groups is 1. The van der Waals surface area contributed by atoms with Crippen molar-refractivity contribution in [2.24, 2.45) is 5.92 Å². The third-order valence-corrected chi connectivity index (χ3v) is 5.45. The highest BCUT2D eigenvalue weighted by Crippen LogP contribution is 2.29. The Kier molecular flexibility index (Phi) is 7.75. The van der Waals surface area contributed by atoms with E-state index < -0.39 is 17.8 Å². The predicted molar refractivity (Wildman–Crippen MR) is 109 cm³/mol. The van der Waals surface area contributed by atoms with Crippen LogP contribution in [0.15, 0.2) is 53.4 Å². The standard InChI is InChI=1S/C21H25NO5S/c1-14(28-17-10-8-16(23)9-11-17)12-18(21(25)26)20(24)22(2)13-15-6-4-5-7-19(15)27-3/h4-11,14,18,23H,12-13H2,1-3H3,(H,25,26). The fourth-order valence-corrected chi connectivity index (χ4v) is 3.92. The average molecular weight is 404 g/mol. The summed E-state index contributed by atoms with van der Waals surface area (Å²) >= 11 is 1.47. The van der Waals surface area contributed by atoms with Crippen LogP contribution in [0.2, 0.25) is 0 Å². The summed E-state index contributed by atoms with van der Waals surface area (Å²) in [5.41, 5.74) is 0.816. The molecule has 0 fully saturated rings. The smallest absolute Gasteiger partial charge is 0.316 e. The third kappa shape index (κ3) is 5.92. The van der Waals surface area contributed by atoms with Gasteiger partial charge in [-0.25, -0.2) is 0 Å². The van der Waals surface area contributed by atoms with Crippen LogP contribution in [-0.2, 0) is 16.1 Å². The first-order valence-corrected chi connectivity index (χ1v) is 9.75. The highest BCUT2D eigenvalue weighted by atomic mass is 32.2. The number of carbonyl (C=O) groups excluding carboxylic acids is 1. The topological polar surface area (TPSA) is 87.1 Å². The first-order valence-electron chi connectivity index (χ1n) is 8.87. The van der Waals surface area contributed by atoms with E-state index in [0.717, 1.165) is 10.5 Å². The number of methoxy groups -OCH3 is 1. The first kappa shape index (κ1) is 21.6. The average Bonchev–Trinajstić information content (AvgIpc) is 2.67. The fourth-order valence-electron chi connectivity index (χ4n) is 2.88. The predicted octanol–water partition coefficient (Wildman–Crippen LogP) is 3.63. The molecule has 0 saturated carbocycles. The molecule has 28 heavy (non-hydrogen) atoms. The molecule has 0 bridgehead atoms. The fraction of sp³-hybridized carbons (Fsp3) is 0.333. The van der Waals surface area contributed by atoms with Gasteiger partial charge in [0.1, 0.15) is 17.4 Å². The lowest BCUT2D eigenvalue weighted by molar-refractivity contribution is -0.151. The van der Waals surface area contributed by atoms with Crippen LogP contribution in [0, 0.1) is 5.92 Å². The molecule has 0 aliphatic heterocycles. The summed E-state index contributed by atoms with van der Waals surface area (Å²) in [5.74, 6) is -1.86. The number of aliphatic carboxylic acids is 1. The summed E-state index contributed by atoms with van der Waals surface area (Å²) in [4.78, 5) is 26.9. The van der Waals surface area contributed by atoms with Crippen molar-refractivity contribution in [3.63, 3.8) is 0 Å². The molecule has 6 nitrogen and oxygen atoms in total. The molecule has 2 unspecified atom stereocenters. The summed E-state index contributed by atoms with van der Waals surface area (Å²) in [6.45, 7) is 2.16. The molecule has 2 rings (SSSR count). The van der Waals surface area contributed by atoms with E-state index in [0.29, 0.717) is 5.75 Å². The number of para-hydroxylation sites is 1. The number of thioether (sulfide) groups is 1. The molecule has 0 aliphatic carbocycles. The number of rotatable bonds is 9. The van der Waals surface area contributed by atoms with Crippen LogP contribution < -0.4 is 4.74 Å². The van der Waals surface area contributed by atoms with Crippen molar-refractivity contribution in [3.8, 4) is 11.5 Å². The molecule has 0 heterocycles. The van der Waals surface area contributed by atoms with Crippen LogP contribution in [0.25, 0.3) is 0 Å². The van der Waals surface area contributed by atoms with Gasteiger partial charge in [0.2, 0.25) is 5.91 Å². The number of benzene rings is 2. The van der Waals surface area contributed by atoms with Crippen molar-refractivity contribution >= 4 is 23.6 Å². The maximum Gasteiger partial charge on any atom is 0.316 e. The van der Waals surface area contributed by atoms with Gasteiger partial charge in [0, 0.05) is 29.3 Å². The number of carboxylic acid groups (broad SMARTS) is 1. The van der Waals surface area contributed by atoms with Gasteiger partial charge < -0.3 is 19.8 Å². The maximum atomic E-state index is 12.8. The zero-order chi connectivity index (χ0) is 20.7. The van der Waals surface area contributed by atoms with E-state index in [1.54, 1.807) is 44.5 Å². The minimum atomic E-state index is -1.13. The van der Waals surface area contributed by atoms with Crippen molar-refractivity contribution in [2.45, 2.75) is 30.0 Å². The van der Waals surface area contributed by atoms with Crippen LogP contribution in [0.4, 0.5) is 0 Å². The largest absolute Gasteiger partial charge is 0.508 e. The molecule has 0 saturated heterocycles. The number of carbonyl (C=O) groups is 2. The molecule has 2 aromatic rings. The van der Waals surface area contributed by atoms with Crippen molar-refractivity contribution in [3.05, 3.63) is 54.1 Å². The molecule has 0 aromatic heterocycles. The molecule has 0 aliphatic rings. The highest BCUT2D eigenvalue weighted by molar-refractivity contribution is 7.99. The molecule has 2 aromatic carbocycles. The van der Waals surface area contributed by atoms with Gasteiger partial charge >= 0.3 is 5.97 Å². The van der Waals surface area contributed by atoms with E-state index in [9.17, 15) is 19.8 Å². The van der Waals surface area contributed by atoms with Crippen molar-refractivity contribution < 1.29 is 24.5 Å². The summed E-state index contributed by atoms with van der Waals surface area (Å²) in [6, 6.07) is 14.0. The van der Waals surface area contributed by atoms with Crippen LogP contribution in [0.5, 0.6) is 11.5 Å². The summed E-state index contributed by atoms with van der Waals surface area (Å²) in [7, 11) is 3.16. The van der Waals surface area contributed by atoms with Crippen LogP contribution in [0.3, 0.4) is 0 Å². The van der Waals surface area contributed by atoms with Gasteiger partial charge in [-0.1, -0.05) is 25.1 Å². The minimum absolute atomic E-state index is 0.0887. The normalized spacial score (nSPS) is 12.8. The second kappa shape index (κ2) is 10.0. The van der Waals surface area contributed by atoms with E-state index in [4.69, 9.17) is 4.74 Å². The zero-order valence-electron chi connectivity index (χ0n) is 16.2. The lowest BCUT2D eigenvalue weighted by Crippen LogP contribution is -2.37. The molecule has 0 spiro atoms. The second-order valence-electron chi connectivity index (χ2n) is 6.56. The molecule has 2 atom stereocenters. The third-order valence-electron chi connectivity index (χ3n) is 4.31. The Labute approximate surface area is 169 Å². The van der Waals surface area contributed by atoms with Gasteiger partial charge in [0.05, 0.1) is 7.11 Å². The molecule has 150 valence electrons. The summed E-state index contributed by atoms with van der Waals surface area (Å²) in [6.07, 6.45) is 0.204. The number of nitrogens with zero attached hydrogens (tertiary/aromatic N) is 1. The van der Waals surface area contributed by atoms with E-state index in [2.05, 4.69) is 0 Å². The van der Waals surface area contributed by atoms with Gasteiger partial charge in [-0.2, -0.15) is 0 Å². The van der Waals surface area contributed by atoms with Crippen molar-refractivity contribution in [1.82, 2.24) is 4.90 Å². The Morgan fingerprint density at radius 3 is 2.39 bits per heavy atom. The Balaban J connectivity index is 2.03. The lowest BCUT2D eigenvalue weighted by Gasteiger charge is -2.24. The molecule has 2 N–H and O–H groups in total. The van der Waals surface area contributed by atoms with Gasteiger partial charge in [-0.05, 0) is 36.8 Å². The number of amides is 1. The number of phenols is 1. The molecular weight excluding hydrogens is 378 g/mol. The quantitative estimate of drug-likeness (QED) is 0.491. The zero-order valence-corrected chi connectivity index (χ0v) is 17.0. The van der Waals surface area contributed by atoms with E-state index in [1.165, 1.54) is 16.7 Å². The Morgan fingerprint density at radius 2 is 1.79 bits per heavy atom. The number of phenolic OH excluding ortho intramolecular Hbond substituents is 1. The number of hydrogen-bond donors (Lipinski definition) is 2. The van der Waals surface area contributed by atoms with Crippen LogP contribution in [-0.4, -0.2) is 46.4 Å².